The van der Waals surface area contributed by atoms with Crippen molar-refractivity contribution in [2.45, 2.75) is 76.3 Å². The predicted octanol–water partition coefficient (Wildman–Crippen LogP) is 1.87. The zero-order valence-corrected chi connectivity index (χ0v) is 16.0. The summed E-state index contributed by atoms with van der Waals surface area (Å²) in [4.78, 5) is 11.9. The smallest absolute Gasteiger partial charge is 0.308 e. The van der Waals surface area contributed by atoms with Crippen LogP contribution in [0.2, 0.25) is 0 Å². The van der Waals surface area contributed by atoms with Crippen LogP contribution in [0.25, 0.3) is 0 Å². The summed E-state index contributed by atoms with van der Waals surface area (Å²) < 4.78 is 35.9. The van der Waals surface area contributed by atoms with Gasteiger partial charge in [-0.1, -0.05) is 20.8 Å². The first-order valence-electron chi connectivity index (χ1n) is 9.74. The zero-order valence-electron chi connectivity index (χ0n) is 16.0. The van der Waals surface area contributed by atoms with E-state index in [4.69, 9.17) is 28.4 Å². The molecule has 4 saturated heterocycles. The number of carbonyl (C=O) groups excluding carboxylic acids is 1. The Morgan fingerprint density at radius 2 is 1.96 bits per heavy atom. The summed E-state index contributed by atoms with van der Waals surface area (Å²) in [5, 5.41) is 0. The summed E-state index contributed by atoms with van der Waals surface area (Å²) >= 11 is 0. The van der Waals surface area contributed by atoms with Gasteiger partial charge in [0.1, 0.15) is 25.1 Å². The van der Waals surface area contributed by atoms with Gasteiger partial charge in [-0.2, -0.15) is 0 Å². The quantitative estimate of drug-likeness (QED) is 0.555. The molecule has 0 radical (unpaired) electrons. The molecule has 0 saturated carbocycles. The number of hydrogen-bond acceptors (Lipinski definition) is 7. The lowest BCUT2D eigenvalue weighted by Gasteiger charge is -2.51. The first-order valence-corrected chi connectivity index (χ1v) is 9.74. The zero-order chi connectivity index (χ0) is 18.5. The Labute approximate surface area is 154 Å². The average molecular weight is 370 g/mol. The Hall–Kier alpha value is -0.730. The van der Waals surface area contributed by atoms with Crippen molar-refractivity contribution in [3.63, 3.8) is 0 Å². The fraction of sp³-hybridized carbons (Fsp3) is 0.947. The Kier molecular flexibility index (Phi) is 5.03. The summed E-state index contributed by atoms with van der Waals surface area (Å²) in [6.07, 6.45) is 0.850. The van der Waals surface area contributed by atoms with Crippen LogP contribution >= 0.6 is 0 Å². The Morgan fingerprint density at radius 1 is 1.15 bits per heavy atom. The van der Waals surface area contributed by atoms with Crippen molar-refractivity contribution in [2.75, 3.05) is 20.5 Å². The second-order valence-electron chi connectivity index (χ2n) is 8.19. The van der Waals surface area contributed by atoms with E-state index in [1.807, 2.05) is 6.92 Å². The molecule has 148 valence electrons. The first-order chi connectivity index (χ1) is 12.5. The van der Waals surface area contributed by atoms with Crippen LogP contribution in [0.5, 0.6) is 0 Å². The van der Waals surface area contributed by atoms with Gasteiger partial charge in [0.2, 0.25) is 0 Å². The molecular weight excluding hydrogens is 340 g/mol. The van der Waals surface area contributed by atoms with Gasteiger partial charge in [-0.25, -0.2) is 0 Å². The Balaban J connectivity index is 1.67. The number of methoxy groups -OCH3 is 1. The minimum atomic E-state index is -0.575. The maximum absolute atomic E-state index is 11.9. The van der Waals surface area contributed by atoms with Crippen LogP contribution in [0.4, 0.5) is 0 Å². The molecule has 0 bridgehead atoms. The van der Waals surface area contributed by atoms with Gasteiger partial charge < -0.3 is 28.4 Å². The van der Waals surface area contributed by atoms with Crippen molar-refractivity contribution in [1.29, 1.82) is 0 Å². The first kappa shape index (κ1) is 18.6. The Bertz CT molecular complexity index is 532. The van der Waals surface area contributed by atoms with Gasteiger partial charge in [-0.15, -0.1) is 0 Å². The molecule has 0 N–H and O–H groups in total. The van der Waals surface area contributed by atoms with Gasteiger partial charge in [-0.3, -0.25) is 4.79 Å². The second kappa shape index (κ2) is 7.02. The maximum Gasteiger partial charge on any atom is 0.308 e. The molecule has 4 aliphatic heterocycles. The van der Waals surface area contributed by atoms with E-state index in [0.29, 0.717) is 0 Å². The standard InChI is InChI=1S/C19H30O7/c1-10-12(3)19(6-5-7-23-19)26-18-16(22-9-21-4)11(2)15-13(24-17(10)18)8-14(20)25-15/h10-13,15-18H,5-9H2,1-4H3/t10-,11+,12-,13-,15+,16-,17+,18-,19+/m0/s1. The van der Waals surface area contributed by atoms with E-state index in [-0.39, 0.29) is 67.5 Å². The predicted molar refractivity (Wildman–Crippen MR) is 90.2 cm³/mol. The van der Waals surface area contributed by atoms with Crippen LogP contribution in [0.15, 0.2) is 0 Å². The fourth-order valence-corrected chi connectivity index (χ4v) is 5.14. The van der Waals surface area contributed by atoms with E-state index < -0.39 is 5.79 Å². The highest BCUT2D eigenvalue weighted by Crippen LogP contribution is 2.49. The van der Waals surface area contributed by atoms with Crippen molar-refractivity contribution in [3.05, 3.63) is 0 Å². The molecular formula is C19H30O7. The van der Waals surface area contributed by atoms with Gasteiger partial charge >= 0.3 is 5.97 Å². The van der Waals surface area contributed by atoms with E-state index in [2.05, 4.69) is 13.8 Å². The molecule has 7 nitrogen and oxygen atoms in total. The van der Waals surface area contributed by atoms with Crippen molar-refractivity contribution < 1.29 is 33.2 Å². The second-order valence-corrected chi connectivity index (χ2v) is 8.19. The highest BCUT2D eigenvalue weighted by Gasteiger charge is 2.60. The van der Waals surface area contributed by atoms with E-state index >= 15 is 0 Å². The molecule has 0 amide bonds. The van der Waals surface area contributed by atoms with Crippen molar-refractivity contribution in [2.24, 2.45) is 17.8 Å². The molecule has 4 aliphatic rings. The summed E-state index contributed by atoms with van der Waals surface area (Å²) in [5.74, 6) is -0.435. The normalized spacial score (nSPS) is 51.0. The number of esters is 1. The van der Waals surface area contributed by atoms with Crippen LogP contribution in [0, 0.1) is 17.8 Å². The summed E-state index contributed by atoms with van der Waals surface area (Å²) in [6.45, 7) is 7.27. The van der Waals surface area contributed by atoms with Crippen LogP contribution in [0.1, 0.15) is 40.0 Å². The van der Waals surface area contributed by atoms with Crippen LogP contribution < -0.4 is 0 Å². The van der Waals surface area contributed by atoms with Crippen LogP contribution in [-0.2, 0) is 33.2 Å². The SMILES string of the molecule is COCO[C@H]1[C@H](C)[C@H]2OC(=O)C[C@@H]2O[C@@H]2[C@@H](C)[C@H](C)[C@@]3(CCCO3)O[C@H]21. The monoisotopic (exact) mass is 370 g/mol. The lowest BCUT2D eigenvalue weighted by atomic mass is 9.76. The number of fused-ring (bicyclic) bond motifs is 2. The average Bonchev–Trinajstić information content (AvgIpc) is 3.21. The van der Waals surface area contributed by atoms with Crippen molar-refractivity contribution in [3.8, 4) is 0 Å². The maximum atomic E-state index is 11.9. The molecule has 0 aromatic carbocycles. The number of rotatable bonds is 3. The van der Waals surface area contributed by atoms with Crippen molar-refractivity contribution in [1.82, 2.24) is 0 Å². The van der Waals surface area contributed by atoms with E-state index in [1.54, 1.807) is 7.11 Å². The topological polar surface area (TPSA) is 72.5 Å². The molecule has 7 heteroatoms. The summed E-state index contributed by atoms with van der Waals surface area (Å²) in [6, 6.07) is 0. The molecule has 0 aromatic rings. The highest BCUT2D eigenvalue weighted by molar-refractivity contribution is 5.72. The molecule has 0 aromatic heterocycles. The third-order valence-electron chi connectivity index (χ3n) is 6.75. The van der Waals surface area contributed by atoms with Gasteiger partial charge in [0.05, 0.1) is 25.2 Å². The number of ether oxygens (including phenoxy) is 6. The van der Waals surface area contributed by atoms with E-state index in [0.717, 1.165) is 19.4 Å². The third-order valence-corrected chi connectivity index (χ3v) is 6.75. The van der Waals surface area contributed by atoms with Crippen LogP contribution in [0.3, 0.4) is 0 Å². The lowest BCUT2D eigenvalue weighted by molar-refractivity contribution is -0.342. The third kappa shape index (κ3) is 2.88. The molecule has 0 aliphatic carbocycles. The molecule has 4 rings (SSSR count). The molecule has 0 unspecified atom stereocenters. The summed E-state index contributed by atoms with van der Waals surface area (Å²) in [5.41, 5.74) is 0. The minimum Gasteiger partial charge on any atom is -0.459 e. The Morgan fingerprint density at radius 3 is 2.65 bits per heavy atom. The van der Waals surface area contributed by atoms with Gasteiger partial charge in [0, 0.05) is 25.4 Å². The molecule has 26 heavy (non-hydrogen) atoms. The van der Waals surface area contributed by atoms with Gasteiger partial charge in [-0.05, 0) is 12.3 Å². The summed E-state index contributed by atoms with van der Waals surface area (Å²) in [7, 11) is 1.60. The van der Waals surface area contributed by atoms with E-state index in [9.17, 15) is 4.79 Å². The van der Waals surface area contributed by atoms with Gasteiger partial charge in [0.15, 0.2) is 5.79 Å². The van der Waals surface area contributed by atoms with Gasteiger partial charge in [0.25, 0.3) is 0 Å². The minimum absolute atomic E-state index is 0.0596. The van der Waals surface area contributed by atoms with Crippen molar-refractivity contribution >= 4 is 5.97 Å². The largest absolute Gasteiger partial charge is 0.459 e. The van der Waals surface area contributed by atoms with Crippen LogP contribution in [-0.4, -0.2) is 62.8 Å². The molecule has 1 spiro atoms. The number of hydrogen-bond donors (Lipinski definition) is 0. The fourth-order valence-electron chi connectivity index (χ4n) is 5.14. The number of carbonyl (C=O) groups is 1. The van der Waals surface area contributed by atoms with E-state index in [1.165, 1.54) is 0 Å². The molecule has 9 atom stereocenters. The molecule has 4 heterocycles. The highest BCUT2D eigenvalue weighted by atomic mass is 16.7. The lowest BCUT2D eigenvalue weighted by Crippen LogP contribution is -2.61. The molecule has 4 fully saturated rings.